The Morgan fingerprint density at radius 2 is 2.04 bits per heavy atom. The van der Waals surface area contributed by atoms with E-state index in [-0.39, 0.29) is 23.9 Å². The molecule has 2 unspecified atom stereocenters. The number of carbonyl (C=O) groups excluding carboxylic acids is 1. The zero-order valence-corrected chi connectivity index (χ0v) is 15.6. The molecule has 2 amide bonds. The summed E-state index contributed by atoms with van der Waals surface area (Å²) in [5.41, 5.74) is 1.77. The molecular formula is C19H25N3O4. The molecule has 2 atom stereocenters. The molecule has 2 heterocycles. The second kappa shape index (κ2) is 6.63. The molecule has 0 radical (unpaired) electrons. The lowest BCUT2D eigenvalue weighted by atomic mass is 9.91. The number of urea groups is 1. The van der Waals surface area contributed by atoms with Gasteiger partial charge in [-0.1, -0.05) is 27.7 Å². The first-order valence-electron chi connectivity index (χ1n) is 8.83. The third kappa shape index (κ3) is 3.81. The van der Waals surface area contributed by atoms with Gasteiger partial charge in [-0.2, -0.15) is 0 Å². The van der Waals surface area contributed by atoms with Gasteiger partial charge in [0.15, 0.2) is 5.58 Å². The van der Waals surface area contributed by atoms with E-state index in [1.165, 1.54) is 0 Å². The molecule has 0 saturated carbocycles. The van der Waals surface area contributed by atoms with E-state index in [9.17, 15) is 14.7 Å². The Morgan fingerprint density at radius 1 is 1.31 bits per heavy atom. The molecule has 7 heteroatoms. The Balaban J connectivity index is 1.75. The van der Waals surface area contributed by atoms with Crippen LogP contribution in [0.25, 0.3) is 11.1 Å². The van der Waals surface area contributed by atoms with Crippen LogP contribution in [0.1, 0.15) is 40.0 Å². The summed E-state index contributed by atoms with van der Waals surface area (Å²) in [4.78, 5) is 29.9. The van der Waals surface area contributed by atoms with Crippen LogP contribution < -0.4 is 5.32 Å². The highest BCUT2D eigenvalue weighted by Gasteiger charge is 2.32. The largest absolute Gasteiger partial charge is 0.481 e. The van der Waals surface area contributed by atoms with Gasteiger partial charge in [-0.25, -0.2) is 9.78 Å². The quantitative estimate of drug-likeness (QED) is 0.852. The second-order valence-corrected chi connectivity index (χ2v) is 8.16. The third-order valence-electron chi connectivity index (χ3n) is 4.58. The van der Waals surface area contributed by atoms with Crippen molar-refractivity contribution in [2.75, 3.05) is 18.4 Å². The predicted octanol–water partition coefficient (Wildman–Crippen LogP) is 3.70. The van der Waals surface area contributed by atoms with Crippen LogP contribution in [0.4, 0.5) is 10.5 Å². The normalized spacial score (nSPS) is 21.0. The first kappa shape index (κ1) is 18.2. The van der Waals surface area contributed by atoms with Crippen molar-refractivity contribution in [2.45, 2.75) is 39.5 Å². The summed E-state index contributed by atoms with van der Waals surface area (Å²) in [6, 6.07) is 5.03. The molecule has 0 spiro atoms. The molecule has 2 N–H and O–H groups in total. The van der Waals surface area contributed by atoms with Crippen LogP contribution in [0.15, 0.2) is 22.6 Å². The number of oxazole rings is 1. The standard InChI is InChI=1S/C19H25N3O4/c1-11-7-12(16(23)24)10-22(9-11)18(25)20-13-5-6-15-14(8-13)21-17(26-15)19(2,3)4/h5-6,8,11-12H,7,9-10H2,1-4H3,(H,20,25)(H,23,24). The number of rotatable bonds is 2. The Morgan fingerprint density at radius 3 is 2.69 bits per heavy atom. The minimum Gasteiger partial charge on any atom is -0.481 e. The Bertz CT molecular complexity index is 837. The Labute approximate surface area is 152 Å². The van der Waals surface area contributed by atoms with Crippen molar-refractivity contribution >= 4 is 28.8 Å². The van der Waals surface area contributed by atoms with E-state index < -0.39 is 11.9 Å². The summed E-state index contributed by atoms with van der Waals surface area (Å²) in [7, 11) is 0. The van der Waals surface area contributed by atoms with Crippen LogP contribution in [-0.4, -0.2) is 40.1 Å². The number of amides is 2. The molecule has 140 valence electrons. The van der Waals surface area contributed by atoms with Crippen molar-refractivity contribution in [1.82, 2.24) is 9.88 Å². The van der Waals surface area contributed by atoms with Crippen molar-refractivity contribution in [3.8, 4) is 0 Å². The Hall–Kier alpha value is -2.57. The van der Waals surface area contributed by atoms with Crippen molar-refractivity contribution in [2.24, 2.45) is 11.8 Å². The maximum atomic E-state index is 12.6. The summed E-state index contributed by atoms with van der Waals surface area (Å²) in [5, 5.41) is 12.1. The van der Waals surface area contributed by atoms with Crippen LogP contribution in [0.5, 0.6) is 0 Å². The number of nitrogens with zero attached hydrogens (tertiary/aromatic N) is 2. The number of carbonyl (C=O) groups is 2. The lowest BCUT2D eigenvalue weighted by molar-refractivity contribution is -0.143. The molecule has 2 aromatic rings. The van der Waals surface area contributed by atoms with Crippen LogP contribution in [0, 0.1) is 11.8 Å². The molecule has 1 fully saturated rings. The minimum atomic E-state index is -0.854. The molecule has 1 aliphatic heterocycles. The number of anilines is 1. The van der Waals surface area contributed by atoms with Crippen molar-refractivity contribution < 1.29 is 19.1 Å². The molecule has 3 rings (SSSR count). The van der Waals surface area contributed by atoms with Crippen LogP contribution in [-0.2, 0) is 10.2 Å². The number of aliphatic carboxylic acids is 1. The summed E-state index contributed by atoms with van der Waals surface area (Å²) in [6.07, 6.45) is 0.597. The first-order valence-corrected chi connectivity index (χ1v) is 8.83. The van der Waals surface area contributed by atoms with Crippen molar-refractivity contribution in [1.29, 1.82) is 0 Å². The van der Waals surface area contributed by atoms with Crippen LogP contribution >= 0.6 is 0 Å². The molecular weight excluding hydrogens is 334 g/mol. The average molecular weight is 359 g/mol. The van der Waals surface area contributed by atoms with Gasteiger partial charge in [0.25, 0.3) is 0 Å². The number of nitrogens with one attached hydrogen (secondary N) is 1. The molecule has 7 nitrogen and oxygen atoms in total. The van der Waals surface area contributed by atoms with Gasteiger partial charge in [-0.15, -0.1) is 0 Å². The minimum absolute atomic E-state index is 0.156. The maximum absolute atomic E-state index is 12.6. The second-order valence-electron chi connectivity index (χ2n) is 8.16. The van der Waals surface area contributed by atoms with Crippen molar-refractivity contribution in [3.05, 3.63) is 24.1 Å². The highest BCUT2D eigenvalue weighted by Crippen LogP contribution is 2.28. The van der Waals surface area contributed by atoms with E-state index in [2.05, 4.69) is 10.3 Å². The van der Waals surface area contributed by atoms with E-state index >= 15 is 0 Å². The third-order valence-corrected chi connectivity index (χ3v) is 4.58. The van der Waals surface area contributed by atoms with E-state index in [0.29, 0.717) is 35.6 Å². The van der Waals surface area contributed by atoms with Gasteiger partial charge in [0.2, 0.25) is 5.89 Å². The van der Waals surface area contributed by atoms with Crippen LogP contribution in [0.3, 0.4) is 0 Å². The van der Waals surface area contributed by atoms with Gasteiger partial charge in [0.1, 0.15) is 5.52 Å². The van der Waals surface area contributed by atoms with Crippen LogP contribution in [0.2, 0.25) is 0 Å². The predicted molar refractivity (Wildman–Crippen MR) is 98.2 cm³/mol. The van der Waals surface area contributed by atoms with E-state index in [1.807, 2.05) is 27.7 Å². The fraction of sp³-hybridized carbons (Fsp3) is 0.526. The SMILES string of the molecule is CC1CC(C(=O)O)CN(C(=O)Nc2ccc3oc(C(C)(C)C)nc3c2)C1. The summed E-state index contributed by atoms with van der Waals surface area (Å²) >= 11 is 0. The fourth-order valence-electron chi connectivity index (χ4n) is 3.22. The zero-order valence-electron chi connectivity index (χ0n) is 15.6. The number of carboxylic acids is 1. The smallest absolute Gasteiger partial charge is 0.321 e. The molecule has 1 saturated heterocycles. The lowest BCUT2D eigenvalue weighted by Gasteiger charge is -2.34. The topological polar surface area (TPSA) is 95.7 Å². The van der Waals surface area contributed by atoms with E-state index in [0.717, 1.165) is 0 Å². The summed E-state index contributed by atoms with van der Waals surface area (Å²) in [5.74, 6) is -0.571. The zero-order chi connectivity index (χ0) is 19.1. The van der Waals surface area contributed by atoms with Gasteiger partial charge in [-0.3, -0.25) is 4.79 Å². The maximum Gasteiger partial charge on any atom is 0.321 e. The average Bonchev–Trinajstić information content (AvgIpc) is 2.97. The lowest BCUT2D eigenvalue weighted by Crippen LogP contribution is -2.47. The number of benzene rings is 1. The number of likely N-dealkylation sites (tertiary alicyclic amines) is 1. The van der Waals surface area contributed by atoms with Gasteiger partial charge in [-0.05, 0) is 30.5 Å². The number of hydrogen-bond donors (Lipinski definition) is 2. The van der Waals surface area contributed by atoms with Gasteiger partial charge < -0.3 is 19.7 Å². The molecule has 1 aliphatic rings. The van der Waals surface area contributed by atoms with Gasteiger partial charge in [0.05, 0.1) is 5.92 Å². The van der Waals surface area contributed by atoms with Crippen molar-refractivity contribution in [3.63, 3.8) is 0 Å². The van der Waals surface area contributed by atoms with Gasteiger partial charge >= 0.3 is 12.0 Å². The fourth-order valence-corrected chi connectivity index (χ4v) is 3.22. The number of aromatic nitrogens is 1. The summed E-state index contributed by atoms with van der Waals surface area (Å²) in [6.45, 7) is 8.82. The monoisotopic (exact) mass is 359 g/mol. The molecule has 0 bridgehead atoms. The summed E-state index contributed by atoms with van der Waals surface area (Å²) < 4.78 is 5.76. The number of piperidine rings is 1. The molecule has 1 aromatic carbocycles. The molecule has 26 heavy (non-hydrogen) atoms. The highest BCUT2D eigenvalue weighted by molar-refractivity contribution is 5.92. The van der Waals surface area contributed by atoms with Gasteiger partial charge in [0, 0.05) is 24.2 Å². The van der Waals surface area contributed by atoms with E-state index in [1.54, 1.807) is 23.1 Å². The molecule has 1 aromatic heterocycles. The number of carboxylic acid groups (broad SMARTS) is 1. The number of hydrogen-bond acceptors (Lipinski definition) is 4. The van der Waals surface area contributed by atoms with E-state index in [4.69, 9.17) is 4.42 Å². The number of fused-ring (bicyclic) bond motifs is 1. The first-order chi connectivity index (χ1) is 12.1. The Kier molecular flexibility index (Phi) is 4.64. The highest BCUT2D eigenvalue weighted by atomic mass is 16.4. The molecule has 0 aliphatic carbocycles.